The summed E-state index contributed by atoms with van der Waals surface area (Å²) < 4.78 is 11.5. The molecule has 0 atom stereocenters. The van der Waals surface area contributed by atoms with E-state index in [1.54, 1.807) is 0 Å². The summed E-state index contributed by atoms with van der Waals surface area (Å²) in [5, 5.41) is 2.93. The second-order valence-corrected chi connectivity index (χ2v) is 8.66. The lowest BCUT2D eigenvalue weighted by molar-refractivity contribution is -0.128. The summed E-state index contributed by atoms with van der Waals surface area (Å²) in [6.07, 6.45) is 3.19. The van der Waals surface area contributed by atoms with Crippen LogP contribution < -0.4 is 5.32 Å². The Balaban J connectivity index is 3.60. The average molecular weight is 330 g/mol. The van der Waals surface area contributed by atoms with Gasteiger partial charge in [0.1, 0.15) is 0 Å². The zero-order chi connectivity index (χ0) is 17.9. The fourth-order valence-corrected chi connectivity index (χ4v) is 1.97. The van der Waals surface area contributed by atoms with Crippen LogP contribution in [0.25, 0.3) is 0 Å². The first-order chi connectivity index (χ1) is 10.5. The maximum absolute atomic E-state index is 11.7. The van der Waals surface area contributed by atoms with Crippen molar-refractivity contribution in [1.29, 1.82) is 0 Å². The first kappa shape index (κ1) is 22.4. The Morgan fingerprint density at radius 2 is 1.48 bits per heavy atom. The molecule has 0 rings (SSSR count). The highest BCUT2D eigenvalue weighted by molar-refractivity contribution is 5.81. The van der Waals surface area contributed by atoms with Gasteiger partial charge in [-0.2, -0.15) is 0 Å². The maximum Gasteiger partial charge on any atom is 0.225 e. The fourth-order valence-electron chi connectivity index (χ4n) is 1.97. The number of carbonyl (C=O) groups excluding carboxylic acids is 1. The third-order valence-electron chi connectivity index (χ3n) is 3.49. The van der Waals surface area contributed by atoms with Gasteiger partial charge in [0.2, 0.25) is 5.91 Å². The molecule has 0 aromatic heterocycles. The predicted octanol–water partition coefficient (Wildman–Crippen LogP) is 4.03. The highest BCUT2D eigenvalue weighted by atomic mass is 16.5. The molecule has 0 aromatic rings. The molecule has 0 unspecified atom stereocenters. The molecule has 138 valence electrons. The van der Waals surface area contributed by atoms with E-state index in [-0.39, 0.29) is 16.7 Å². The smallest absolute Gasteiger partial charge is 0.225 e. The topological polar surface area (TPSA) is 47.6 Å². The van der Waals surface area contributed by atoms with Gasteiger partial charge in [0.15, 0.2) is 0 Å². The third-order valence-corrected chi connectivity index (χ3v) is 3.49. The van der Waals surface area contributed by atoms with Gasteiger partial charge in [-0.3, -0.25) is 4.79 Å². The lowest BCUT2D eigenvalue weighted by atomic mass is 9.96. The molecule has 4 nitrogen and oxygen atoms in total. The van der Waals surface area contributed by atoms with Gasteiger partial charge in [-0.25, -0.2) is 0 Å². The van der Waals surface area contributed by atoms with E-state index in [9.17, 15) is 4.79 Å². The molecule has 4 heteroatoms. The van der Waals surface area contributed by atoms with E-state index < -0.39 is 0 Å². The molecule has 0 fully saturated rings. The van der Waals surface area contributed by atoms with Gasteiger partial charge in [0, 0.05) is 30.6 Å². The van der Waals surface area contributed by atoms with Gasteiger partial charge in [0.05, 0.1) is 13.2 Å². The van der Waals surface area contributed by atoms with Crippen LogP contribution in [0, 0.1) is 16.7 Å². The molecule has 0 aliphatic carbocycles. The van der Waals surface area contributed by atoms with E-state index in [0.29, 0.717) is 19.8 Å². The Bertz CT molecular complexity index is 319. The molecule has 0 heterocycles. The molecule has 0 spiro atoms. The molecular weight excluding hydrogens is 290 g/mol. The van der Waals surface area contributed by atoms with Gasteiger partial charge in [-0.15, -0.1) is 0 Å². The molecule has 0 radical (unpaired) electrons. The number of amides is 1. The molecular formula is C19H39NO3. The average Bonchev–Trinajstić information content (AvgIpc) is 2.40. The van der Waals surface area contributed by atoms with Crippen LogP contribution in [-0.2, 0) is 14.3 Å². The van der Waals surface area contributed by atoms with E-state index in [1.807, 2.05) is 20.8 Å². The fraction of sp³-hybridized carbons (Fsp3) is 0.947. The summed E-state index contributed by atoms with van der Waals surface area (Å²) in [5.74, 6) is 0.835. The van der Waals surface area contributed by atoms with Crippen molar-refractivity contribution in [3.8, 4) is 0 Å². The second kappa shape index (κ2) is 11.0. The van der Waals surface area contributed by atoms with Crippen LogP contribution in [0.2, 0.25) is 0 Å². The summed E-state index contributed by atoms with van der Waals surface area (Å²) in [7, 11) is 0. The van der Waals surface area contributed by atoms with Crippen molar-refractivity contribution in [3.63, 3.8) is 0 Å². The van der Waals surface area contributed by atoms with Crippen LogP contribution in [0.3, 0.4) is 0 Å². The van der Waals surface area contributed by atoms with E-state index >= 15 is 0 Å². The van der Waals surface area contributed by atoms with Crippen molar-refractivity contribution in [1.82, 2.24) is 5.32 Å². The van der Waals surface area contributed by atoms with Crippen LogP contribution in [0.1, 0.15) is 67.7 Å². The predicted molar refractivity (Wildman–Crippen MR) is 96.6 cm³/mol. The van der Waals surface area contributed by atoms with E-state index in [2.05, 4.69) is 33.0 Å². The standard InChI is InChI=1S/C19H39NO3/c1-16(2)10-8-12-22-14-19(6,7)15-23-13-9-11-20-17(21)18(3,4)5/h16H,8-15H2,1-7H3,(H,20,21). The first-order valence-corrected chi connectivity index (χ1v) is 8.98. The van der Waals surface area contributed by atoms with E-state index in [0.717, 1.165) is 32.0 Å². The Kier molecular flexibility index (Phi) is 10.7. The number of carbonyl (C=O) groups is 1. The van der Waals surface area contributed by atoms with Crippen molar-refractivity contribution in [2.45, 2.75) is 67.7 Å². The summed E-state index contributed by atoms with van der Waals surface area (Å²) in [5.41, 5.74) is -0.289. The van der Waals surface area contributed by atoms with E-state index in [1.165, 1.54) is 6.42 Å². The van der Waals surface area contributed by atoms with Gasteiger partial charge >= 0.3 is 0 Å². The number of hydrogen-bond acceptors (Lipinski definition) is 3. The van der Waals surface area contributed by atoms with Crippen LogP contribution >= 0.6 is 0 Å². The number of nitrogens with one attached hydrogen (secondary N) is 1. The SMILES string of the molecule is CC(C)CCCOCC(C)(C)COCCCNC(=O)C(C)(C)C. The van der Waals surface area contributed by atoms with Gasteiger partial charge in [-0.05, 0) is 25.2 Å². The van der Waals surface area contributed by atoms with Crippen LogP contribution in [0.5, 0.6) is 0 Å². The number of rotatable bonds is 12. The molecule has 0 aliphatic heterocycles. The minimum atomic E-state index is -0.324. The minimum absolute atomic E-state index is 0.0342. The van der Waals surface area contributed by atoms with Crippen molar-refractivity contribution >= 4 is 5.91 Å². The van der Waals surface area contributed by atoms with Crippen LogP contribution in [-0.4, -0.2) is 38.9 Å². The molecule has 1 amide bonds. The molecule has 0 bridgehead atoms. The zero-order valence-corrected chi connectivity index (χ0v) is 16.5. The van der Waals surface area contributed by atoms with E-state index in [4.69, 9.17) is 9.47 Å². The lowest BCUT2D eigenvalue weighted by Crippen LogP contribution is -2.35. The van der Waals surface area contributed by atoms with Gasteiger partial charge < -0.3 is 14.8 Å². The largest absolute Gasteiger partial charge is 0.381 e. The van der Waals surface area contributed by atoms with Crippen LogP contribution in [0.4, 0.5) is 0 Å². The lowest BCUT2D eigenvalue weighted by Gasteiger charge is -2.24. The molecule has 1 N–H and O–H groups in total. The number of ether oxygens (including phenoxy) is 2. The van der Waals surface area contributed by atoms with Crippen molar-refractivity contribution in [3.05, 3.63) is 0 Å². The number of hydrogen-bond donors (Lipinski definition) is 1. The van der Waals surface area contributed by atoms with Gasteiger partial charge in [0.25, 0.3) is 0 Å². The Hall–Kier alpha value is -0.610. The zero-order valence-electron chi connectivity index (χ0n) is 16.5. The molecule has 0 aromatic carbocycles. The Morgan fingerprint density at radius 1 is 0.957 bits per heavy atom. The second-order valence-electron chi connectivity index (χ2n) is 8.66. The summed E-state index contributed by atoms with van der Waals surface area (Å²) in [4.78, 5) is 11.7. The van der Waals surface area contributed by atoms with Crippen molar-refractivity contribution in [2.24, 2.45) is 16.7 Å². The maximum atomic E-state index is 11.7. The van der Waals surface area contributed by atoms with Crippen LogP contribution in [0.15, 0.2) is 0 Å². The Labute approximate surface area is 143 Å². The quantitative estimate of drug-likeness (QED) is 0.550. The first-order valence-electron chi connectivity index (χ1n) is 8.98. The Morgan fingerprint density at radius 3 is 1.96 bits per heavy atom. The highest BCUT2D eigenvalue weighted by Crippen LogP contribution is 2.16. The van der Waals surface area contributed by atoms with Crippen molar-refractivity contribution < 1.29 is 14.3 Å². The summed E-state index contributed by atoms with van der Waals surface area (Å²) in [6, 6.07) is 0. The third kappa shape index (κ3) is 13.5. The highest BCUT2D eigenvalue weighted by Gasteiger charge is 2.20. The van der Waals surface area contributed by atoms with Gasteiger partial charge in [-0.1, -0.05) is 48.5 Å². The minimum Gasteiger partial charge on any atom is -0.381 e. The normalized spacial score (nSPS) is 12.7. The van der Waals surface area contributed by atoms with Crippen molar-refractivity contribution in [2.75, 3.05) is 33.0 Å². The summed E-state index contributed by atoms with van der Waals surface area (Å²) in [6.45, 7) is 18.1. The molecule has 23 heavy (non-hydrogen) atoms. The monoisotopic (exact) mass is 329 g/mol. The molecule has 0 aliphatic rings. The molecule has 0 saturated carbocycles. The summed E-state index contributed by atoms with van der Waals surface area (Å²) >= 11 is 0. The molecule has 0 saturated heterocycles.